The molecule has 3 unspecified atom stereocenters. The average molecular weight is 361 g/mol. The van der Waals surface area contributed by atoms with E-state index in [-0.39, 0.29) is 11.9 Å². The van der Waals surface area contributed by atoms with Gasteiger partial charge in [0.05, 0.1) is 11.3 Å². The largest absolute Gasteiger partial charge is 0.496 e. The number of ether oxygens (including phenoxy) is 1. The molecule has 3 atom stereocenters. The number of methoxy groups -OCH3 is 1. The van der Waals surface area contributed by atoms with E-state index < -0.39 is 0 Å². The van der Waals surface area contributed by atoms with Gasteiger partial charge in [0.2, 0.25) is 0 Å². The van der Waals surface area contributed by atoms with Gasteiger partial charge in [-0.1, -0.05) is 11.8 Å². The van der Waals surface area contributed by atoms with Gasteiger partial charge in [-0.15, -0.1) is 11.3 Å². The first-order valence-corrected chi connectivity index (χ1v) is 9.88. The maximum Gasteiger partial charge on any atom is 0.251 e. The Morgan fingerprint density at radius 2 is 2.17 bits per heavy atom. The zero-order chi connectivity index (χ0) is 16.5. The highest BCUT2D eigenvalue weighted by atomic mass is 32.2. The third-order valence-corrected chi connectivity index (χ3v) is 6.80. The molecule has 3 heterocycles. The van der Waals surface area contributed by atoms with Crippen LogP contribution >= 0.6 is 23.1 Å². The molecular formula is C18H20N2O2S2. The van der Waals surface area contributed by atoms with Crippen LogP contribution in [-0.2, 0) is 0 Å². The smallest absolute Gasteiger partial charge is 0.251 e. The highest BCUT2D eigenvalue weighted by Gasteiger charge is 2.39. The molecule has 1 aromatic carbocycles. The monoisotopic (exact) mass is 360 g/mol. The Balaban J connectivity index is 1.37. The van der Waals surface area contributed by atoms with Crippen molar-refractivity contribution in [1.82, 2.24) is 10.6 Å². The van der Waals surface area contributed by atoms with Crippen molar-refractivity contribution in [2.75, 3.05) is 7.11 Å². The first-order chi connectivity index (χ1) is 11.7. The molecule has 2 N–H and O–H groups in total. The van der Waals surface area contributed by atoms with Crippen molar-refractivity contribution < 1.29 is 9.53 Å². The van der Waals surface area contributed by atoms with Crippen LogP contribution in [0.15, 0.2) is 44.8 Å². The quantitative estimate of drug-likeness (QED) is 0.856. The topological polar surface area (TPSA) is 50.4 Å². The summed E-state index contributed by atoms with van der Waals surface area (Å²) in [5.74, 6) is 0.918. The second-order valence-corrected chi connectivity index (χ2v) is 8.58. The van der Waals surface area contributed by atoms with Gasteiger partial charge in [-0.25, -0.2) is 0 Å². The number of carbonyl (C=O) groups excluding carboxylic acids is 1. The number of thiophene rings is 1. The SMILES string of the molecule is COc1csc(Sc2ccc(C(=O)NC3CC4CCC3N4)cc2)c1. The summed E-state index contributed by atoms with van der Waals surface area (Å²) in [7, 11) is 1.68. The molecule has 6 heteroatoms. The Morgan fingerprint density at radius 3 is 2.79 bits per heavy atom. The lowest BCUT2D eigenvalue weighted by atomic mass is 9.95. The van der Waals surface area contributed by atoms with Crippen LogP contribution in [0, 0.1) is 0 Å². The van der Waals surface area contributed by atoms with Crippen molar-refractivity contribution in [2.45, 2.75) is 46.5 Å². The molecule has 0 aliphatic carbocycles. The number of hydrogen-bond acceptors (Lipinski definition) is 5. The number of nitrogens with one attached hydrogen (secondary N) is 2. The van der Waals surface area contributed by atoms with Crippen molar-refractivity contribution in [3.05, 3.63) is 41.3 Å². The minimum Gasteiger partial charge on any atom is -0.496 e. The van der Waals surface area contributed by atoms with Crippen LogP contribution in [0.3, 0.4) is 0 Å². The Labute approximate surface area is 150 Å². The van der Waals surface area contributed by atoms with Gasteiger partial charge in [-0.05, 0) is 43.5 Å². The normalized spacial score (nSPS) is 25.0. The Kier molecular flexibility index (Phi) is 4.52. The Morgan fingerprint density at radius 1 is 1.33 bits per heavy atom. The summed E-state index contributed by atoms with van der Waals surface area (Å²) in [5.41, 5.74) is 0.728. The van der Waals surface area contributed by atoms with Gasteiger partial charge in [0.1, 0.15) is 5.75 Å². The van der Waals surface area contributed by atoms with Crippen molar-refractivity contribution in [2.24, 2.45) is 0 Å². The molecule has 126 valence electrons. The van der Waals surface area contributed by atoms with Crippen molar-refractivity contribution >= 4 is 29.0 Å². The van der Waals surface area contributed by atoms with Crippen LogP contribution in [-0.4, -0.2) is 31.1 Å². The second kappa shape index (κ2) is 6.78. The van der Waals surface area contributed by atoms with E-state index in [9.17, 15) is 4.79 Å². The molecule has 4 rings (SSSR count). The molecule has 2 aliphatic heterocycles. The van der Waals surface area contributed by atoms with Crippen molar-refractivity contribution in [3.63, 3.8) is 0 Å². The van der Waals surface area contributed by atoms with Gasteiger partial charge in [0.25, 0.3) is 5.91 Å². The standard InChI is InChI=1S/C18H20N2O2S2/c1-22-13-9-17(23-10-13)24-14-5-2-11(3-6-14)18(21)20-16-8-12-4-7-15(16)19-12/h2-3,5-6,9-10,12,15-16,19H,4,7-8H2,1H3,(H,20,21). The van der Waals surface area contributed by atoms with E-state index in [2.05, 4.69) is 10.6 Å². The zero-order valence-electron chi connectivity index (χ0n) is 13.5. The molecule has 0 saturated carbocycles. The van der Waals surface area contributed by atoms with E-state index in [0.717, 1.165) is 22.6 Å². The third-order valence-electron chi connectivity index (χ3n) is 4.74. The molecule has 1 amide bonds. The number of amides is 1. The van der Waals surface area contributed by atoms with Crippen LogP contribution in [0.5, 0.6) is 5.75 Å². The van der Waals surface area contributed by atoms with E-state index in [1.54, 1.807) is 30.2 Å². The summed E-state index contributed by atoms with van der Waals surface area (Å²) in [4.78, 5) is 13.6. The number of hydrogen-bond donors (Lipinski definition) is 2. The average Bonchev–Trinajstić information content (AvgIpc) is 3.32. The Hall–Kier alpha value is -1.50. The molecule has 2 fully saturated rings. The van der Waals surface area contributed by atoms with Crippen LogP contribution in [0.2, 0.25) is 0 Å². The van der Waals surface area contributed by atoms with Crippen LogP contribution in [0.4, 0.5) is 0 Å². The molecule has 2 aromatic rings. The molecule has 0 spiro atoms. The molecule has 24 heavy (non-hydrogen) atoms. The fraction of sp³-hybridized carbons (Fsp3) is 0.389. The van der Waals surface area contributed by atoms with Gasteiger partial charge < -0.3 is 15.4 Å². The second-order valence-electron chi connectivity index (χ2n) is 6.30. The van der Waals surface area contributed by atoms with Gasteiger partial charge in [0.15, 0.2) is 0 Å². The van der Waals surface area contributed by atoms with Gasteiger partial charge in [-0.2, -0.15) is 0 Å². The van der Waals surface area contributed by atoms with Gasteiger partial charge in [-0.3, -0.25) is 4.79 Å². The summed E-state index contributed by atoms with van der Waals surface area (Å²) in [6.45, 7) is 0. The van der Waals surface area contributed by atoms with Gasteiger partial charge in [0, 0.05) is 40.0 Å². The maximum atomic E-state index is 12.4. The summed E-state index contributed by atoms with van der Waals surface area (Å²) >= 11 is 3.34. The molecular weight excluding hydrogens is 340 g/mol. The van der Waals surface area contributed by atoms with Crippen molar-refractivity contribution in [3.8, 4) is 5.75 Å². The molecule has 0 radical (unpaired) electrons. The van der Waals surface area contributed by atoms with Crippen LogP contribution in [0.25, 0.3) is 0 Å². The third kappa shape index (κ3) is 3.31. The van der Waals surface area contributed by atoms with E-state index in [1.807, 2.05) is 35.7 Å². The molecule has 4 nitrogen and oxygen atoms in total. The lowest BCUT2D eigenvalue weighted by molar-refractivity contribution is 0.0931. The highest BCUT2D eigenvalue weighted by molar-refractivity contribution is 8.01. The minimum absolute atomic E-state index is 0.0312. The highest BCUT2D eigenvalue weighted by Crippen LogP contribution is 2.35. The number of carbonyl (C=O) groups is 1. The first-order valence-electron chi connectivity index (χ1n) is 8.18. The van der Waals surface area contributed by atoms with E-state index >= 15 is 0 Å². The van der Waals surface area contributed by atoms with Crippen LogP contribution < -0.4 is 15.4 Å². The lowest BCUT2D eigenvalue weighted by Gasteiger charge is -2.21. The van der Waals surface area contributed by atoms with E-state index in [0.29, 0.717) is 12.1 Å². The first kappa shape index (κ1) is 16.0. The van der Waals surface area contributed by atoms with E-state index in [1.165, 1.54) is 17.1 Å². The summed E-state index contributed by atoms with van der Waals surface area (Å²) < 4.78 is 6.38. The predicted octanol–water partition coefficient (Wildman–Crippen LogP) is 3.53. The van der Waals surface area contributed by atoms with Crippen molar-refractivity contribution in [1.29, 1.82) is 0 Å². The summed E-state index contributed by atoms with van der Waals surface area (Å²) in [5, 5.41) is 8.73. The number of rotatable bonds is 5. The zero-order valence-corrected chi connectivity index (χ0v) is 15.1. The fourth-order valence-corrected chi connectivity index (χ4v) is 5.37. The number of fused-ring (bicyclic) bond motifs is 2. The maximum absolute atomic E-state index is 12.4. The minimum atomic E-state index is 0.0312. The summed E-state index contributed by atoms with van der Waals surface area (Å²) in [6.07, 6.45) is 3.48. The predicted molar refractivity (Wildman–Crippen MR) is 97.3 cm³/mol. The van der Waals surface area contributed by atoms with Gasteiger partial charge >= 0.3 is 0 Å². The fourth-order valence-electron chi connectivity index (χ4n) is 3.49. The van der Waals surface area contributed by atoms with E-state index in [4.69, 9.17) is 4.74 Å². The summed E-state index contributed by atoms with van der Waals surface area (Å²) in [6, 6.07) is 11.2. The molecule has 1 aromatic heterocycles. The lowest BCUT2D eigenvalue weighted by Crippen LogP contribution is -2.42. The molecule has 2 bridgehead atoms. The Bertz CT molecular complexity index is 729. The van der Waals surface area contributed by atoms with Crippen LogP contribution in [0.1, 0.15) is 29.6 Å². The molecule has 2 saturated heterocycles. The molecule has 2 aliphatic rings. The number of benzene rings is 1.